The summed E-state index contributed by atoms with van der Waals surface area (Å²) in [6.45, 7) is 7.40. The Bertz CT molecular complexity index is 564. The SMILES string of the molecule is CCc1c(C(C)C)cnn1Cc1ccc(SOOC)cc1. The standard InChI is InChI=1S/C16H22N2O2S/c1-5-16-15(12(2)3)10-17-18(16)11-13-6-8-14(9-7-13)21-20-19-4/h6-10,12H,5,11H2,1-4H3. The van der Waals surface area contributed by atoms with Crippen molar-refractivity contribution in [2.45, 2.75) is 44.6 Å². The van der Waals surface area contributed by atoms with Crippen LogP contribution in [0.25, 0.3) is 0 Å². The van der Waals surface area contributed by atoms with Crippen LogP contribution < -0.4 is 0 Å². The van der Waals surface area contributed by atoms with Gasteiger partial charge in [-0.3, -0.25) is 4.68 Å². The monoisotopic (exact) mass is 306 g/mol. The van der Waals surface area contributed by atoms with E-state index in [4.69, 9.17) is 4.33 Å². The Morgan fingerprint density at radius 2 is 1.95 bits per heavy atom. The Balaban J connectivity index is 2.11. The van der Waals surface area contributed by atoms with Gasteiger partial charge in [-0.2, -0.15) is 9.43 Å². The predicted molar refractivity (Wildman–Crippen MR) is 85.2 cm³/mol. The third-order valence-electron chi connectivity index (χ3n) is 3.39. The first kappa shape index (κ1) is 16.1. The number of hydrogen-bond acceptors (Lipinski definition) is 4. The minimum Gasteiger partial charge on any atom is -0.265 e. The van der Waals surface area contributed by atoms with Crippen LogP contribution >= 0.6 is 12.0 Å². The molecule has 0 fully saturated rings. The van der Waals surface area contributed by atoms with Crippen molar-refractivity contribution in [3.63, 3.8) is 0 Å². The smallest absolute Gasteiger partial charge is 0.0725 e. The lowest BCUT2D eigenvalue weighted by Crippen LogP contribution is -2.07. The molecular formula is C16H22N2O2S. The van der Waals surface area contributed by atoms with E-state index in [1.807, 2.05) is 18.3 Å². The number of nitrogens with zero attached hydrogens (tertiary/aromatic N) is 2. The van der Waals surface area contributed by atoms with Crippen molar-refractivity contribution in [2.24, 2.45) is 0 Å². The molecule has 0 unspecified atom stereocenters. The van der Waals surface area contributed by atoms with Crippen LogP contribution in [0.4, 0.5) is 0 Å². The zero-order chi connectivity index (χ0) is 15.2. The van der Waals surface area contributed by atoms with E-state index in [-0.39, 0.29) is 0 Å². The van der Waals surface area contributed by atoms with Crippen LogP contribution in [0.3, 0.4) is 0 Å². The highest BCUT2D eigenvalue weighted by atomic mass is 32.2. The average Bonchev–Trinajstić information content (AvgIpc) is 2.89. The minimum absolute atomic E-state index is 0.513. The summed E-state index contributed by atoms with van der Waals surface area (Å²) in [6, 6.07) is 8.24. The van der Waals surface area contributed by atoms with Gasteiger partial charge < -0.3 is 0 Å². The van der Waals surface area contributed by atoms with Crippen molar-refractivity contribution in [1.82, 2.24) is 9.78 Å². The van der Waals surface area contributed by atoms with E-state index in [2.05, 4.69) is 47.6 Å². The highest BCUT2D eigenvalue weighted by Crippen LogP contribution is 2.22. The molecule has 0 aliphatic heterocycles. The molecule has 0 saturated carbocycles. The molecule has 0 bridgehead atoms. The maximum atomic E-state index is 4.84. The molecule has 21 heavy (non-hydrogen) atoms. The molecular weight excluding hydrogens is 284 g/mol. The summed E-state index contributed by atoms with van der Waals surface area (Å²) >= 11 is 1.21. The Hall–Kier alpha value is -1.30. The van der Waals surface area contributed by atoms with E-state index in [0.717, 1.165) is 17.9 Å². The van der Waals surface area contributed by atoms with Crippen LogP contribution in [0.5, 0.6) is 0 Å². The summed E-state index contributed by atoms with van der Waals surface area (Å²) in [4.78, 5) is 5.59. The highest BCUT2D eigenvalue weighted by molar-refractivity contribution is 7.94. The van der Waals surface area contributed by atoms with Crippen LogP contribution in [0.2, 0.25) is 0 Å². The number of hydrogen-bond donors (Lipinski definition) is 0. The van der Waals surface area contributed by atoms with Gasteiger partial charge in [0.15, 0.2) is 0 Å². The van der Waals surface area contributed by atoms with Crippen LogP contribution in [0, 0.1) is 0 Å². The molecule has 1 aromatic carbocycles. The van der Waals surface area contributed by atoms with Gasteiger partial charge in [-0.05, 0) is 35.6 Å². The van der Waals surface area contributed by atoms with E-state index >= 15 is 0 Å². The van der Waals surface area contributed by atoms with E-state index < -0.39 is 0 Å². The molecule has 5 heteroatoms. The van der Waals surface area contributed by atoms with E-state index in [9.17, 15) is 0 Å². The number of rotatable bonds is 7. The summed E-state index contributed by atoms with van der Waals surface area (Å²) in [5.74, 6) is 0.513. The van der Waals surface area contributed by atoms with Crippen molar-refractivity contribution < 1.29 is 9.22 Å². The van der Waals surface area contributed by atoms with Crippen LogP contribution in [0.15, 0.2) is 35.4 Å². The highest BCUT2D eigenvalue weighted by Gasteiger charge is 2.12. The van der Waals surface area contributed by atoms with E-state index in [1.165, 1.54) is 36.0 Å². The molecule has 0 aliphatic rings. The second-order valence-corrected chi connectivity index (χ2v) is 5.95. The van der Waals surface area contributed by atoms with Gasteiger partial charge in [0.25, 0.3) is 0 Å². The van der Waals surface area contributed by atoms with Crippen molar-refractivity contribution >= 4 is 12.0 Å². The molecule has 4 nitrogen and oxygen atoms in total. The maximum absolute atomic E-state index is 4.84. The Labute approximate surface area is 130 Å². The summed E-state index contributed by atoms with van der Waals surface area (Å²) in [7, 11) is 1.50. The zero-order valence-electron chi connectivity index (χ0n) is 13.0. The first-order chi connectivity index (χ1) is 10.2. The van der Waals surface area contributed by atoms with Crippen molar-refractivity contribution in [2.75, 3.05) is 7.11 Å². The molecule has 2 rings (SSSR count). The fourth-order valence-corrected chi connectivity index (χ4v) is 2.72. The molecule has 114 valence electrons. The van der Waals surface area contributed by atoms with Gasteiger partial charge in [0, 0.05) is 10.6 Å². The first-order valence-electron chi connectivity index (χ1n) is 7.16. The zero-order valence-corrected chi connectivity index (χ0v) is 13.8. The van der Waals surface area contributed by atoms with Crippen molar-refractivity contribution in [3.8, 4) is 0 Å². The quantitative estimate of drug-likeness (QED) is 0.436. The summed E-state index contributed by atoms with van der Waals surface area (Å²) in [5, 5.41) is 4.54. The second kappa shape index (κ2) is 7.64. The maximum Gasteiger partial charge on any atom is 0.0725 e. The lowest BCUT2D eigenvalue weighted by atomic mass is 10.0. The number of aromatic nitrogens is 2. The van der Waals surface area contributed by atoms with Gasteiger partial charge in [-0.25, -0.2) is 4.89 Å². The van der Waals surface area contributed by atoms with Crippen LogP contribution in [-0.4, -0.2) is 16.9 Å². The summed E-state index contributed by atoms with van der Waals surface area (Å²) in [5.41, 5.74) is 3.90. The van der Waals surface area contributed by atoms with Gasteiger partial charge in [0.05, 0.1) is 31.9 Å². The van der Waals surface area contributed by atoms with Gasteiger partial charge >= 0.3 is 0 Å². The molecule has 2 aromatic rings. The molecule has 1 aromatic heterocycles. The van der Waals surface area contributed by atoms with Crippen molar-refractivity contribution in [3.05, 3.63) is 47.3 Å². The Morgan fingerprint density at radius 3 is 2.52 bits per heavy atom. The summed E-state index contributed by atoms with van der Waals surface area (Å²) in [6.07, 6.45) is 3.00. The van der Waals surface area contributed by atoms with Crippen LogP contribution in [-0.2, 0) is 22.2 Å². The van der Waals surface area contributed by atoms with Gasteiger partial charge in [0.2, 0.25) is 0 Å². The molecule has 0 saturated heterocycles. The van der Waals surface area contributed by atoms with Crippen molar-refractivity contribution in [1.29, 1.82) is 0 Å². The third kappa shape index (κ3) is 4.09. The third-order valence-corrected chi connectivity index (χ3v) is 4.06. The lowest BCUT2D eigenvalue weighted by molar-refractivity contribution is -0.160. The summed E-state index contributed by atoms with van der Waals surface area (Å²) < 4.78 is 6.94. The molecule has 0 spiro atoms. The Kier molecular flexibility index (Phi) is 5.85. The lowest BCUT2D eigenvalue weighted by Gasteiger charge is -2.10. The van der Waals surface area contributed by atoms with Gasteiger partial charge in [0.1, 0.15) is 0 Å². The second-order valence-electron chi connectivity index (χ2n) is 5.17. The first-order valence-corrected chi connectivity index (χ1v) is 7.90. The fourth-order valence-electron chi connectivity index (χ4n) is 2.33. The largest absolute Gasteiger partial charge is 0.265 e. The molecule has 0 amide bonds. The minimum atomic E-state index is 0.513. The average molecular weight is 306 g/mol. The molecule has 0 radical (unpaired) electrons. The molecule has 0 aliphatic carbocycles. The fraction of sp³-hybridized carbons (Fsp3) is 0.438. The topological polar surface area (TPSA) is 36.3 Å². The van der Waals surface area contributed by atoms with Gasteiger partial charge in [-0.15, -0.1) is 0 Å². The number of benzene rings is 1. The van der Waals surface area contributed by atoms with E-state index in [1.54, 1.807) is 0 Å². The predicted octanol–water partition coefficient (Wildman–Crippen LogP) is 4.20. The Morgan fingerprint density at radius 1 is 1.24 bits per heavy atom. The van der Waals surface area contributed by atoms with Crippen LogP contribution in [0.1, 0.15) is 43.5 Å². The molecule has 0 N–H and O–H groups in total. The normalized spacial score (nSPS) is 11.3. The molecule has 1 heterocycles. The molecule has 0 atom stereocenters. The van der Waals surface area contributed by atoms with E-state index in [0.29, 0.717) is 5.92 Å². The van der Waals surface area contributed by atoms with Gasteiger partial charge in [-0.1, -0.05) is 32.9 Å².